The van der Waals surface area contributed by atoms with Crippen molar-refractivity contribution < 1.29 is 4.52 Å². The van der Waals surface area contributed by atoms with Crippen LogP contribution in [0.3, 0.4) is 0 Å². The molecule has 2 aromatic heterocycles. The number of hydrogen-bond acceptors (Lipinski definition) is 6. The minimum absolute atomic E-state index is 0.229. The van der Waals surface area contributed by atoms with Gasteiger partial charge in [0.05, 0.1) is 5.69 Å². The Morgan fingerprint density at radius 3 is 2.74 bits per heavy atom. The minimum Gasteiger partial charge on any atom is -0.356 e. The summed E-state index contributed by atoms with van der Waals surface area (Å²) in [6.45, 7) is 6.16. The highest BCUT2D eigenvalue weighted by atomic mass is 16.5. The predicted molar refractivity (Wildman–Crippen MR) is 73.2 cm³/mol. The topological polar surface area (TPSA) is 67.1 Å². The molecule has 1 saturated heterocycles. The molecule has 1 aliphatic heterocycles. The van der Waals surface area contributed by atoms with Gasteiger partial charge in [0.2, 0.25) is 0 Å². The molecule has 1 aliphatic rings. The maximum Gasteiger partial charge on any atom is 0.263 e. The van der Waals surface area contributed by atoms with Gasteiger partial charge in [0, 0.05) is 18.6 Å². The molecular weight excluding hydrogens is 242 g/mol. The van der Waals surface area contributed by atoms with E-state index in [2.05, 4.69) is 32.3 Å². The summed E-state index contributed by atoms with van der Waals surface area (Å²) in [5.74, 6) is 0.946. The zero-order valence-corrected chi connectivity index (χ0v) is 11.6. The van der Waals surface area contributed by atoms with E-state index in [0.29, 0.717) is 5.71 Å². The first-order valence-electron chi connectivity index (χ1n) is 6.64. The number of aromatic nitrogens is 3. The van der Waals surface area contributed by atoms with E-state index in [-0.39, 0.29) is 5.54 Å². The number of nitrogens with one attached hydrogen (secondary N) is 1. The van der Waals surface area contributed by atoms with Crippen molar-refractivity contribution in [2.24, 2.45) is 0 Å². The minimum atomic E-state index is 0.229. The molecule has 0 radical (unpaired) electrons. The summed E-state index contributed by atoms with van der Waals surface area (Å²) >= 11 is 0. The maximum atomic E-state index is 5.20. The van der Waals surface area contributed by atoms with Crippen LogP contribution in [0.15, 0.2) is 10.9 Å². The fraction of sp³-hybridized carbons (Fsp3) is 0.615. The van der Waals surface area contributed by atoms with Gasteiger partial charge in [0.25, 0.3) is 5.71 Å². The Balaban J connectivity index is 1.92. The van der Waals surface area contributed by atoms with Crippen LogP contribution in [-0.4, -0.2) is 40.8 Å². The molecule has 1 N–H and O–H groups in total. The molecule has 0 atom stereocenters. The quantitative estimate of drug-likeness (QED) is 0.883. The second kappa shape index (κ2) is 4.45. The van der Waals surface area contributed by atoms with Gasteiger partial charge >= 0.3 is 0 Å². The van der Waals surface area contributed by atoms with Crippen LogP contribution in [0.2, 0.25) is 0 Å². The highest BCUT2D eigenvalue weighted by molar-refractivity contribution is 5.87. The van der Waals surface area contributed by atoms with Crippen molar-refractivity contribution in [1.82, 2.24) is 20.4 Å². The van der Waals surface area contributed by atoms with Gasteiger partial charge in [-0.2, -0.15) is 4.98 Å². The van der Waals surface area contributed by atoms with Gasteiger partial charge in [-0.25, -0.2) is 4.98 Å². The molecule has 3 rings (SSSR count). The molecule has 0 amide bonds. The monoisotopic (exact) mass is 261 g/mol. The summed E-state index contributed by atoms with van der Waals surface area (Å²) in [4.78, 5) is 10.9. The second-order valence-electron chi connectivity index (χ2n) is 5.44. The molecule has 0 aromatic carbocycles. The van der Waals surface area contributed by atoms with E-state index in [0.717, 1.165) is 42.8 Å². The lowest BCUT2D eigenvalue weighted by Crippen LogP contribution is -2.50. The van der Waals surface area contributed by atoms with Gasteiger partial charge in [0.1, 0.15) is 17.5 Å². The summed E-state index contributed by atoms with van der Waals surface area (Å²) in [6, 6.07) is 0. The van der Waals surface area contributed by atoms with Crippen LogP contribution in [-0.2, 0) is 0 Å². The zero-order valence-electron chi connectivity index (χ0n) is 11.6. The summed E-state index contributed by atoms with van der Waals surface area (Å²) in [5, 5.41) is 8.33. The fourth-order valence-electron chi connectivity index (χ4n) is 2.61. The van der Waals surface area contributed by atoms with Crippen molar-refractivity contribution in [2.75, 3.05) is 25.0 Å². The summed E-state index contributed by atoms with van der Waals surface area (Å²) in [6.07, 6.45) is 3.74. The van der Waals surface area contributed by atoms with Crippen molar-refractivity contribution in [2.45, 2.75) is 32.2 Å². The maximum absolute atomic E-state index is 5.20. The first kappa shape index (κ1) is 12.3. The van der Waals surface area contributed by atoms with Crippen molar-refractivity contribution in [3.8, 4) is 0 Å². The van der Waals surface area contributed by atoms with Crippen LogP contribution < -0.4 is 10.2 Å². The number of nitrogens with zero attached hydrogens (tertiary/aromatic N) is 4. The molecule has 0 unspecified atom stereocenters. The smallest absolute Gasteiger partial charge is 0.263 e. The highest BCUT2D eigenvalue weighted by Gasteiger charge is 2.30. The Morgan fingerprint density at radius 2 is 2.05 bits per heavy atom. The molecule has 1 fully saturated rings. The van der Waals surface area contributed by atoms with Crippen LogP contribution in [0.25, 0.3) is 11.1 Å². The number of aryl methyl sites for hydroxylation is 1. The van der Waals surface area contributed by atoms with Gasteiger partial charge in [-0.1, -0.05) is 5.16 Å². The summed E-state index contributed by atoms with van der Waals surface area (Å²) in [7, 11) is 2.03. The van der Waals surface area contributed by atoms with Crippen molar-refractivity contribution >= 4 is 16.9 Å². The van der Waals surface area contributed by atoms with Gasteiger partial charge in [-0.05, 0) is 33.7 Å². The number of fused-ring (bicyclic) bond motifs is 1. The van der Waals surface area contributed by atoms with E-state index in [4.69, 9.17) is 4.52 Å². The second-order valence-corrected chi connectivity index (χ2v) is 5.44. The lowest BCUT2D eigenvalue weighted by atomic mass is 9.90. The van der Waals surface area contributed by atoms with Crippen LogP contribution in [0.1, 0.15) is 25.5 Å². The molecule has 3 heterocycles. The SMILES string of the molecule is CNC1(C)CCN(c2ncnc3onc(C)c23)CC1. The van der Waals surface area contributed by atoms with E-state index >= 15 is 0 Å². The Morgan fingerprint density at radius 1 is 1.32 bits per heavy atom. The summed E-state index contributed by atoms with van der Waals surface area (Å²) in [5.41, 5.74) is 1.66. The molecule has 6 heteroatoms. The fourth-order valence-corrected chi connectivity index (χ4v) is 2.61. The predicted octanol–water partition coefficient (Wildman–Crippen LogP) is 1.50. The Labute approximate surface area is 112 Å². The van der Waals surface area contributed by atoms with Crippen LogP contribution in [0.5, 0.6) is 0 Å². The van der Waals surface area contributed by atoms with E-state index in [1.165, 1.54) is 0 Å². The van der Waals surface area contributed by atoms with Gasteiger partial charge in [-0.3, -0.25) is 0 Å². The van der Waals surface area contributed by atoms with Crippen molar-refractivity contribution in [3.63, 3.8) is 0 Å². The number of anilines is 1. The Bertz CT molecular complexity index is 586. The molecule has 0 spiro atoms. The van der Waals surface area contributed by atoms with Gasteiger partial charge in [-0.15, -0.1) is 0 Å². The van der Waals surface area contributed by atoms with E-state index in [9.17, 15) is 0 Å². The average molecular weight is 261 g/mol. The van der Waals surface area contributed by atoms with Crippen LogP contribution in [0.4, 0.5) is 5.82 Å². The largest absolute Gasteiger partial charge is 0.356 e. The lowest BCUT2D eigenvalue weighted by Gasteiger charge is -2.39. The molecular formula is C13H19N5O. The third-order valence-corrected chi connectivity index (χ3v) is 4.19. The number of hydrogen-bond donors (Lipinski definition) is 1. The van der Waals surface area contributed by atoms with E-state index in [1.807, 2.05) is 14.0 Å². The molecule has 0 bridgehead atoms. The third kappa shape index (κ3) is 2.06. The van der Waals surface area contributed by atoms with E-state index < -0.39 is 0 Å². The number of rotatable bonds is 2. The van der Waals surface area contributed by atoms with E-state index in [1.54, 1.807) is 6.33 Å². The lowest BCUT2D eigenvalue weighted by molar-refractivity contribution is 0.304. The average Bonchev–Trinajstić information content (AvgIpc) is 2.82. The van der Waals surface area contributed by atoms with Crippen LogP contribution in [0, 0.1) is 6.92 Å². The molecule has 0 aliphatic carbocycles. The molecule has 0 saturated carbocycles. The van der Waals surface area contributed by atoms with Gasteiger partial charge in [0.15, 0.2) is 0 Å². The third-order valence-electron chi connectivity index (χ3n) is 4.19. The first-order valence-corrected chi connectivity index (χ1v) is 6.64. The zero-order chi connectivity index (χ0) is 13.5. The van der Waals surface area contributed by atoms with Crippen molar-refractivity contribution in [1.29, 1.82) is 0 Å². The standard InChI is InChI=1S/C13H19N5O/c1-9-10-11(15-8-16-12(10)19-17-9)18-6-4-13(2,14-3)5-7-18/h8,14H,4-7H2,1-3H3. The molecule has 6 nitrogen and oxygen atoms in total. The molecule has 102 valence electrons. The summed E-state index contributed by atoms with van der Waals surface area (Å²) < 4.78 is 5.20. The van der Waals surface area contributed by atoms with Gasteiger partial charge < -0.3 is 14.7 Å². The van der Waals surface area contributed by atoms with Crippen LogP contribution >= 0.6 is 0 Å². The van der Waals surface area contributed by atoms with Crippen molar-refractivity contribution in [3.05, 3.63) is 12.0 Å². The number of piperidine rings is 1. The molecule has 19 heavy (non-hydrogen) atoms. The Hall–Kier alpha value is -1.69. The molecule has 2 aromatic rings. The normalized spacial score (nSPS) is 19.0. The Kier molecular flexibility index (Phi) is 2.89. The highest BCUT2D eigenvalue weighted by Crippen LogP contribution is 2.30. The first-order chi connectivity index (χ1) is 9.13.